The van der Waals surface area contributed by atoms with E-state index in [4.69, 9.17) is 9.26 Å². The molecule has 2 unspecified atom stereocenters. The van der Waals surface area contributed by atoms with Gasteiger partial charge in [-0.2, -0.15) is 0 Å². The molecule has 2 N–H and O–H groups in total. The zero-order valence-electron chi connectivity index (χ0n) is 16.6. The Morgan fingerprint density at radius 2 is 2.11 bits per heavy atom. The third-order valence-corrected chi connectivity index (χ3v) is 5.65. The smallest absolute Gasteiger partial charge is 0.278 e. The molecule has 0 fully saturated rings. The fourth-order valence-corrected chi connectivity index (χ4v) is 3.80. The van der Waals surface area contributed by atoms with Crippen LogP contribution >= 0.6 is 0 Å². The number of anilines is 2. The molecule has 2 aromatic rings. The van der Waals surface area contributed by atoms with E-state index in [2.05, 4.69) is 36.6 Å². The normalized spacial score (nSPS) is 21.2. The molecule has 1 aliphatic carbocycles. The zero-order chi connectivity index (χ0) is 20.1. The molecule has 2 amide bonds. The summed E-state index contributed by atoms with van der Waals surface area (Å²) in [6.07, 6.45) is 2.09. The van der Waals surface area contributed by atoms with Crippen molar-refractivity contribution in [3.05, 3.63) is 35.2 Å². The summed E-state index contributed by atoms with van der Waals surface area (Å²) in [6, 6.07) is 5.15. The van der Waals surface area contributed by atoms with Crippen LogP contribution in [0.4, 0.5) is 11.4 Å². The first-order chi connectivity index (χ1) is 13.2. The lowest BCUT2D eigenvalue weighted by Crippen LogP contribution is -2.34. The van der Waals surface area contributed by atoms with Crippen LogP contribution in [0.25, 0.3) is 0 Å². The summed E-state index contributed by atoms with van der Waals surface area (Å²) in [6.45, 7) is 8.35. The van der Waals surface area contributed by atoms with E-state index in [1.165, 1.54) is 0 Å². The number of aromatic nitrogens is 1. The van der Waals surface area contributed by atoms with E-state index >= 15 is 0 Å². The largest absolute Gasteiger partial charge is 0.479 e. The molecule has 0 spiro atoms. The fourth-order valence-electron chi connectivity index (χ4n) is 3.80. The average molecular weight is 383 g/mol. The van der Waals surface area contributed by atoms with Crippen molar-refractivity contribution in [3.63, 3.8) is 0 Å². The average Bonchev–Trinajstić information content (AvgIpc) is 3.05. The number of carbonyl (C=O) groups excluding carboxylic acids is 2. The van der Waals surface area contributed by atoms with Gasteiger partial charge in [0.1, 0.15) is 11.5 Å². The Morgan fingerprint density at radius 1 is 1.32 bits per heavy atom. The second kappa shape index (κ2) is 6.65. The SMILES string of the molecule is CC1Oc2ccc(NC(=O)c3noc4c3CC(C(C)(C)C)CC4)cc2NC1=O. The van der Waals surface area contributed by atoms with Crippen molar-refractivity contribution < 1.29 is 18.8 Å². The third kappa shape index (κ3) is 3.37. The monoisotopic (exact) mass is 383 g/mol. The van der Waals surface area contributed by atoms with Gasteiger partial charge in [0.15, 0.2) is 11.8 Å². The molecular formula is C21H25N3O4. The highest BCUT2D eigenvalue weighted by molar-refractivity contribution is 6.05. The van der Waals surface area contributed by atoms with E-state index in [-0.39, 0.29) is 17.2 Å². The topological polar surface area (TPSA) is 93.5 Å². The third-order valence-electron chi connectivity index (χ3n) is 5.65. The minimum atomic E-state index is -0.537. The highest BCUT2D eigenvalue weighted by Crippen LogP contribution is 2.38. The van der Waals surface area contributed by atoms with Gasteiger partial charge in [-0.05, 0) is 49.3 Å². The number of carbonyl (C=O) groups is 2. The molecular weight excluding hydrogens is 358 g/mol. The maximum Gasteiger partial charge on any atom is 0.278 e. The van der Waals surface area contributed by atoms with Crippen molar-refractivity contribution in [2.75, 3.05) is 10.6 Å². The maximum atomic E-state index is 12.8. The van der Waals surface area contributed by atoms with Crippen LogP contribution in [0.2, 0.25) is 0 Å². The molecule has 0 saturated heterocycles. The molecule has 1 aromatic carbocycles. The van der Waals surface area contributed by atoms with Crippen LogP contribution in [-0.4, -0.2) is 23.1 Å². The molecule has 2 aliphatic rings. The highest BCUT2D eigenvalue weighted by Gasteiger charge is 2.34. The summed E-state index contributed by atoms with van der Waals surface area (Å²) in [4.78, 5) is 24.6. The molecule has 0 bridgehead atoms. The number of fused-ring (bicyclic) bond motifs is 2. The Balaban J connectivity index is 1.54. The molecule has 4 rings (SSSR count). The van der Waals surface area contributed by atoms with Crippen molar-refractivity contribution in [1.82, 2.24) is 5.16 Å². The van der Waals surface area contributed by atoms with Gasteiger partial charge in [0.25, 0.3) is 11.8 Å². The van der Waals surface area contributed by atoms with Crippen LogP contribution in [-0.2, 0) is 17.6 Å². The number of rotatable bonds is 2. The molecule has 0 radical (unpaired) electrons. The molecule has 1 aliphatic heterocycles. The van der Waals surface area contributed by atoms with Gasteiger partial charge in [-0.15, -0.1) is 0 Å². The summed E-state index contributed by atoms with van der Waals surface area (Å²) < 4.78 is 11.0. The van der Waals surface area contributed by atoms with Gasteiger partial charge in [-0.1, -0.05) is 25.9 Å². The number of ether oxygens (including phenoxy) is 1. The highest BCUT2D eigenvalue weighted by atomic mass is 16.5. The van der Waals surface area contributed by atoms with Crippen LogP contribution in [0.1, 0.15) is 55.9 Å². The minimum absolute atomic E-state index is 0.163. The zero-order valence-corrected chi connectivity index (χ0v) is 16.6. The first-order valence-electron chi connectivity index (χ1n) is 9.62. The second-order valence-electron chi connectivity index (χ2n) is 8.65. The number of hydrogen-bond acceptors (Lipinski definition) is 5. The first kappa shape index (κ1) is 18.5. The maximum absolute atomic E-state index is 12.8. The Hall–Kier alpha value is -2.83. The standard InChI is InChI=1S/C21H25N3O4/c1-11-19(25)23-15-10-13(6-8-17(15)27-11)22-20(26)18-14-9-12(21(2,3)4)5-7-16(14)28-24-18/h6,8,10-12H,5,7,9H2,1-4H3,(H,22,26)(H,23,25). The second-order valence-corrected chi connectivity index (χ2v) is 8.65. The van der Waals surface area contributed by atoms with Crippen LogP contribution in [0.5, 0.6) is 5.75 Å². The molecule has 7 nitrogen and oxygen atoms in total. The number of nitrogens with zero attached hydrogens (tertiary/aromatic N) is 1. The summed E-state index contributed by atoms with van der Waals surface area (Å²) >= 11 is 0. The lowest BCUT2D eigenvalue weighted by Gasteiger charge is -2.33. The van der Waals surface area contributed by atoms with Crippen LogP contribution in [0, 0.1) is 11.3 Å². The van der Waals surface area contributed by atoms with E-state index in [1.54, 1.807) is 25.1 Å². The predicted molar refractivity (Wildman–Crippen MR) is 105 cm³/mol. The van der Waals surface area contributed by atoms with Crippen molar-refractivity contribution in [3.8, 4) is 5.75 Å². The van der Waals surface area contributed by atoms with E-state index in [0.717, 1.165) is 30.6 Å². The van der Waals surface area contributed by atoms with Crippen molar-refractivity contribution >= 4 is 23.2 Å². The predicted octanol–water partition coefficient (Wildman–Crippen LogP) is 3.80. The van der Waals surface area contributed by atoms with E-state index in [9.17, 15) is 9.59 Å². The van der Waals surface area contributed by atoms with Gasteiger partial charge in [0.05, 0.1) is 5.69 Å². The van der Waals surface area contributed by atoms with Gasteiger partial charge < -0.3 is 19.9 Å². The summed E-state index contributed by atoms with van der Waals surface area (Å²) in [5.41, 5.74) is 2.51. The minimum Gasteiger partial charge on any atom is -0.479 e. The van der Waals surface area contributed by atoms with Crippen molar-refractivity contribution in [2.24, 2.45) is 11.3 Å². The van der Waals surface area contributed by atoms with Crippen LogP contribution in [0.3, 0.4) is 0 Å². The number of amides is 2. The Bertz CT molecular complexity index is 942. The number of benzene rings is 1. The number of nitrogens with one attached hydrogen (secondary N) is 2. The van der Waals surface area contributed by atoms with Gasteiger partial charge in [0.2, 0.25) is 0 Å². The van der Waals surface area contributed by atoms with E-state index in [0.29, 0.717) is 28.7 Å². The van der Waals surface area contributed by atoms with Gasteiger partial charge in [-0.25, -0.2) is 0 Å². The summed E-state index contributed by atoms with van der Waals surface area (Å²) in [5.74, 6) is 1.34. The van der Waals surface area contributed by atoms with Crippen molar-refractivity contribution in [2.45, 2.75) is 53.1 Å². The lowest BCUT2D eigenvalue weighted by molar-refractivity contribution is -0.122. The Kier molecular flexibility index (Phi) is 4.40. The van der Waals surface area contributed by atoms with Gasteiger partial charge in [-0.3, -0.25) is 9.59 Å². The molecule has 0 saturated carbocycles. The van der Waals surface area contributed by atoms with Crippen molar-refractivity contribution in [1.29, 1.82) is 0 Å². The quantitative estimate of drug-likeness (QED) is 0.823. The first-order valence-corrected chi connectivity index (χ1v) is 9.62. The Morgan fingerprint density at radius 3 is 2.86 bits per heavy atom. The van der Waals surface area contributed by atoms with Gasteiger partial charge >= 0.3 is 0 Å². The number of aryl methyl sites for hydroxylation is 1. The van der Waals surface area contributed by atoms with Gasteiger partial charge in [0, 0.05) is 17.7 Å². The molecule has 7 heteroatoms. The van der Waals surface area contributed by atoms with E-state index < -0.39 is 6.10 Å². The fraction of sp³-hybridized carbons (Fsp3) is 0.476. The van der Waals surface area contributed by atoms with E-state index in [1.807, 2.05) is 0 Å². The molecule has 2 atom stereocenters. The molecule has 2 heterocycles. The molecule has 1 aromatic heterocycles. The summed E-state index contributed by atoms with van der Waals surface area (Å²) in [5, 5.41) is 9.68. The summed E-state index contributed by atoms with van der Waals surface area (Å²) in [7, 11) is 0. The van der Waals surface area contributed by atoms with Crippen LogP contribution < -0.4 is 15.4 Å². The molecule has 148 valence electrons. The Labute approximate surface area is 163 Å². The van der Waals surface area contributed by atoms with Crippen LogP contribution in [0.15, 0.2) is 22.7 Å². The number of hydrogen-bond donors (Lipinski definition) is 2. The lowest BCUT2D eigenvalue weighted by atomic mass is 9.71. The molecule has 28 heavy (non-hydrogen) atoms.